The van der Waals surface area contributed by atoms with Gasteiger partial charge in [0.15, 0.2) is 0 Å². The zero-order valence-corrected chi connectivity index (χ0v) is 11.4. The maximum Gasteiger partial charge on any atom is 0.0519 e. The van der Waals surface area contributed by atoms with Crippen molar-refractivity contribution in [2.45, 2.75) is 38.6 Å². The van der Waals surface area contributed by atoms with E-state index in [9.17, 15) is 0 Å². The third-order valence-electron chi connectivity index (χ3n) is 4.63. The second-order valence-electron chi connectivity index (χ2n) is 5.90. The first-order valence-corrected chi connectivity index (χ1v) is 7.03. The molecule has 0 radical (unpaired) electrons. The zero-order chi connectivity index (χ0) is 13.3. The monoisotopic (exact) mass is 255 g/mol. The summed E-state index contributed by atoms with van der Waals surface area (Å²) in [6, 6.07) is 8.70. The third kappa shape index (κ3) is 2.13. The average Bonchev–Trinajstić information content (AvgIpc) is 2.87. The molecule has 1 aliphatic carbocycles. The van der Waals surface area contributed by atoms with Crippen LogP contribution in [0.1, 0.15) is 44.2 Å². The Morgan fingerprint density at radius 3 is 2.79 bits per heavy atom. The lowest BCUT2D eigenvalue weighted by atomic mass is 9.76. The lowest BCUT2D eigenvalue weighted by molar-refractivity contribution is 0.226. The predicted molar refractivity (Wildman–Crippen MR) is 78.4 cm³/mol. The molecule has 3 rings (SSSR count). The van der Waals surface area contributed by atoms with Gasteiger partial charge in [0.25, 0.3) is 0 Å². The van der Waals surface area contributed by atoms with Crippen molar-refractivity contribution >= 4 is 10.8 Å². The number of nitrogens with two attached hydrogens (primary N) is 1. The van der Waals surface area contributed by atoms with E-state index in [2.05, 4.69) is 41.6 Å². The highest BCUT2D eigenvalue weighted by Gasteiger charge is 2.37. The minimum atomic E-state index is 0.209. The molecule has 19 heavy (non-hydrogen) atoms. The van der Waals surface area contributed by atoms with Crippen molar-refractivity contribution in [3.8, 4) is 0 Å². The van der Waals surface area contributed by atoms with Crippen LogP contribution >= 0.6 is 0 Å². The number of aromatic nitrogens is 1. The van der Waals surface area contributed by atoms with E-state index in [1.165, 1.54) is 42.0 Å². The van der Waals surface area contributed by atoms with Crippen LogP contribution in [0.15, 0.2) is 36.7 Å². The van der Waals surface area contributed by atoms with Crippen molar-refractivity contribution in [2.75, 3.05) is 0 Å². The molecule has 3 N–H and O–H groups in total. The van der Waals surface area contributed by atoms with Gasteiger partial charge in [0.1, 0.15) is 0 Å². The molecule has 3 heteroatoms. The largest absolute Gasteiger partial charge is 0.271 e. The van der Waals surface area contributed by atoms with Crippen molar-refractivity contribution < 1.29 is 0 Å². The molecule has 1 aromatic carbocycles. The number of rotatable bonds is 3. The molecule has 2 aromatic rings. The van der Waals surface area contributed by atoms with E-state index in [1.807, 2.05) is 12.4 Å². The highest BCUT2D eigenvalue weighted by Crippen LogP contribution is 2.47. The van der Waals surface area contributed by atoms with Gasteiger partial charge in [-0.25, -0.2) is 0 Å². The minimum absolute atomic E-state index is 0.209. The predicted octanol–water partition coefficient (Wildman–Crippen LogP) is 3.32. The van der Waals surface area contributed by atoms with E-state index in [4.69, 9.17) is 5.84 Å². The first kappa shape index (κ1) is 12.6. The molecule has 0 amide bonds. The highest BCUT2D eigenvalue weighted by molar-refractivity contribution is 5.85. The third-order valence-corrected chi connectivity index (χ3v) is 4.63. The van der Waals surface area contributed by atoms with Crippen molar-refractivity contribution in [2.24, 2.45) is 11.3 Å². The molecule has 1 atom stereocenters. The molecule has 1 fully saturated rings. The molecule has 1 heterocycles. The number of hydrogen-bond donors (Lipinski definition) is 2. The number of nitrogens with zero attached hydrogens (tertiary/aromatic N) is 1. The van der Waals surface area contributed by atoms with Crippen LogP contribution in [0.3, 0.4) is 0 Å². The molecule has 1 saturated carbocycles. The van der Waals surface area contributed by atoms with E-state index in [0.29, 0.717) is 0 Å². The molecule has 0 aliphatic heterocycles. The SMILES string of the molecule is CC1(C(NN)c2cccc3cnccc23)CCCC1. The molecular formula is C16H21N3. The summed E-state index contributed by atoms with van der Waals surface area (Å²) in [6.45, 7) is 2.35. The summed E-state index contributed by atoms with van der Waals surface area (Å²) in [6.07, 6.45) is 8.87. The summed E-state index contributed by atoms with van der Waals surface area (Å²) in [5.41, 5.74) is 4.63. The fourth-order valence-corrected chi connectivity index (χ4v) is 3.54. The van der Waals surface area contributed by atoms with Gasteiger partial charge in [0.05, 0.1) is 6.04 Å². The normalized spacial score (nSPS) is 19.7. The van der Waals surface area contributed by atoms with E-state index >= 15 is 0 Å². The van der Waals surface area contributed by atoms with Crippen LogP contribution in [0.5, 0.6) is 0 Å². The van der Waals surface area contributed by atoms with Gasteiger partial charge in [-0.3, -0.25) is 16.3 Å². The summed E-state index contributed by atoms with van der Waals surface area (Å²) < 4.78 is 0. The number of pyridine rings is 1. The summed E-state index contributed by atoms with van der Waals surface area (Å²) in [5.74, 6) is 5.90. The quantitative estimate of drug-likeness (QED) is 0.653. The van der Waals surface area contributed by atoms with Gasteiger partial charge in [-0.1, -0.05) is 38.0 Å². The van der Waals surface area contributed by atoms with Crippen LogP contribution in [0.2, 0.25) is 0 Å². The highest BCUT2D eigenvalue weighted by atomic mass is 15.2. The summed E-state index contributed by atoms with van der Waals surface area (Å²) in [4.78, 5) is 4.20. The Bertz CT molecular complexity index is 568. The van der Waals surface area contributed by atoms with Gasteiger partial charge in [0.2, 0.25) is 0 Å². The Balaban J connectivity index is 2.11. The molecule has 0 spiro atoms. The van der Waals surface area contributed by atoms with Gasteiger partial charge < -0.3 is 0 Å². The van der Waals surface area contributed by atoms with Crippen LogP contribution in [0.4, 0.5) is 0 Å². The van der Waals surface area contributed by atoms with Gasteiger partial charge in [-0.05, 0) is 35.3 Å². The molecule has 3 nitrogen and oxygen atoms in total. The number of hydrazine groups is 1. The standard InChI is InChI=1S/C16H21N3/c1-16(8-2-3-9-16)15(19-17)14-6-4-5-12-11-18-10-7-13(12)14/h4-7,10-11,15,19H,2-3,8-9,17H2,1H3. The van der Waals surface area contributed by atoms with Crippen LogP contribution in [-0.4, -0.2) is 4.98 Å². The summed E-state index contributed by atoms with van der Waals surface area (Å²) in [5, 5.41) is 2.44. The second-order valence-corrected chi connectivity index (χ2v) is 5.90. The van der Waals surface area contributed by atoms with Crippen molar-refractivity contribution in [3.63, 3.8) is 0 Å². The Kier molecular flexibility index (Phi) is 3.25. The average molecular weight is 255 g/mol. The molecular weight excluding hydrogens is 234 g/mol. The molecule has 1 aliphatic rings. The van der Waals surface area contributed by atoms with E-state index in [0.717, 1.165) is 0 Å². The van der Waals surface area contributed by atoms with E-state index < -0.39 is 0 Å². The number of hydrogen-bond acceptors (Lipinski definition) is 3. The Labute approximate surface area is 114 Å². The molecule has 1 aromatic heterocycles. The smallest absolute Gasteiger partial charge is 0.0519 e. The van der Waals surface area contributed by atoms with Crippen molar-refractivity contribution in [1.82, 2.24) is 10.4 Å². The Morgan fingerprint density at radius 2 is 2.05 bits per heavy atom. The molecule has 1 unspecified atom stereocenters. The number of nitrogens with one attached hydrogen (secondary N) is 1. The van der Waals surface area contributed by atoms with Crippen molar-refractivity contribution in [1.29, 1.82) is 0 Å². The lowest BCUT2D eigenvalue weighted by Gasteiger charge is -2.34. The van der Waals surface area contributed by atoms with Crippen molar-refractivity contribution in [3.05, 3.63) is 42.2 Å². The molecule has 0 bridgehead atoms. The topological polar surface area (TPSA) is 50.9 Å². The molecule has 100 valence electrons. The number of benzene rings is 1. The Morgan fingerprint density at radius 1 is 1.26 bits per heavy atom. The number of fused-ring (bicyclic) bond motifs is 1. The zero-order valence-electron chi connectivity index (χ0n) is 11.4. The van der Waals surface area contributed by atoms with Crippen LogP contribution < -0.4 is 11.3 Å². The fraction of sp³-hybridized carbons (Fsp3) is 0.438. The maximum absolute atomic E-state index is 5.90. The summed E-state index contributed by atoms with van der Waals surface area (Å²) >= 11 is 0. The second kappa shape index (κ2) is 4.91. The van der Waals surface area contributed by atoms with E-state index in [1.54, 1.807) is 0 Å². The first-order valence-electron chi connectivity index (χ1n) is 7.03. The van der Waals surface area contributed by atoms with Gasteiger partial charge >= 0.3 is 0 Å². The van der Waals surface area contributed by atoms with Gasteiger partial charge in [0, 0.05) is 17.8 Å². The van der Waals surface area contributed by atoms with Gasteiger partial charge in [-0.15, -0.1) is 0 Å². The first-order chi connectivity index (χ1) is 9.24. The maximum atomic E-state index is 5.90. The summed E-state index contributed by atoms with van der Waals surface area (Å²) in [7, 11) is 0. The van der Waals surface area contributed by atoms with Gasteiger partial charge in [-0.2, -0.15) is 0 Å². The van der Waals surface area contributed by atoms with E-state index in [-0.39, 0.29) is 11.5 Å². The van der Waals surface area contributed by atoms with Crippen LogP contribution in [0.25, 0.3) is 10.8 Å². The lowest BCUT2D eigenvalue weighted by Crippen LogP contribution is -2.38. The molecule has 0 saturated heterocycles. The van der Waals surface area contributed by atoms with Crippen LogP contribution in [0, 0.1) is 5.41 Å². The Hall–Kier alpha value is -1.45. The fourth-order valence-electron chi connectivity index (χ4n) is 3.54. The van der Waals surface area contributed by atoms with Crippen LogP contribution in [-0.2, 0) is 0 Å². The minimum Gasteiger partial charge on any atom is -0.271 e.